The van der Waals surface area contributed by atoms with Crippen LogP contribution in [0.5, 0.6) is 0 Å². The summed E-state index contributed by atoms with van der Waals surface area (Å²) in [5, 5.41) is 9.75. The average molecular weight is 275 g/mol. The van der Waals surface area contributed by atoms with Gasteiger partial charge in [-0.1, -0.05) is 0 Å². The smallest absolute Gasteiger partial charge is 0.0589 e. The fraction of sp³-hybridized carbons (Fsp3) is 1.00. The maximum Gasteiger partial charge on any atom is 0.0589 e. The highest BCUT2D eigenvalue weighted by Gasteiger charge is 2.33. The lowest BCUT2D eigenvalue weighted by Gasteiger charge is -2.39. The van der Waals surface area contributed by atoms with Crippen LogP contribution in [0.1, 0.15) is 19.3 Å². The van der Waals surface area contributed by atoms with E-state index in [1.807, 2.05) is 0 Å². The molecule has 0 aromatic carbocycles. The van der Waals surface area contributed by atoms with Crippen LogP contribution < -0.4 is 0 Å². The highest BCUT2D eigenvalue weighted by atomic mass is 16.5. The molecule has 1 aliphatic heterocycles. The number of ether oxygens (including phenoxy) is 3. The van der Waals surface area contributed by atoms with Crippen molar-refractivity contribution in [2.24, 2.45) is 5.41 Å². The van der Waals surface area contributed by atoms with E-state index in [2.05, 4.69) is 4.90 Å². The molecule has 1 fully saturated rings. The van der Waals surface area contributed by atoms with E-state index in [-0.39, 0.29) is 12.0 Å². The summed E-state index contributed by atoms with van der Waals surface area (Å²) in [5.74, 6) is 0. The van der Waals surface area contributed by atoms with Crippen molar-refractivity contribution >= 4 is 0 Å². The summed E-state index contributed by atoms with van der Waals surface area (Å²) in [6.45, 7) is 6.07. The number of rotatable bonds is 10. The summed E-state index contributed by atoms with van der Waals surface area (Å²) in [4.78, 5) is 2.38. The Kier molecular flexibility index (Phi) is 8.57. The predicted octanol–water partition coefficient (Wildman–Crippen LogP) is 0.760. The molecule has 1 saturated heterocycles. The molecule has 1 N–H and O–H groups in total. The van der Waals surface area contributed by atoms with E-state index in [0.717, 1.165) is 65.3 Å². The quantitative estimate of drug-likeness (QED) is 0.597. The molecule has 0 amide bonds. The fourth-order valence-corrected chi connectivity index (χ4v) is 2.57. The number of hydrogen-bond acceptors (Lipinski definition) is 5. The summed E-state index contributed by atoms with van der Waals surface area (Å²) < 4.78 is 15.7. The zero-order valence-corrected chi connectivity index (χ0v) is 12.4. The van der Waals surface area contributed by atoms with Gasteiger partial charge in [-0.05, 0) is 19.3 Å². The second-order valence-corrected chi connectivity index (χ2v) is 5.39. The Bertz CT molecular complexity index is 219. The largest absolute Gasteiger partial charge is 0.396 e. The molecule has 1 aliphatic rings. The van der Waals surface area contributed by atoms with Gasteiger partial charge in [0.25, 0.3) is 0 Å². The molecule has 114 valence electrons. The van der Waals surface area contributed by atoms with Gasteiger partial charge in [0.05, 0.1) is 13.2 Å². The molecule has 0 unspecified atom stereocenters. The maximum atomic E-state index is 9.75. The van der Waals surface area contributed by atoms with Crippen LogP contribution in [0.2, 0.25) is 0 Å². The van der Waals surface area contributed by atoms with Gasteiger partial charge in [0, 0.05) is 59.1 Å². The summed E-state index contributed by atoms with van der Waals surface area (Å²) in [7, 11) is 3.46. The van der Waals surface area contributed by atoms with Gasteiger partial charge in [-0.15, -0.1) is 0 Å². The molecule has 0 spiro atoms. The maximum absolute atomic E-state index is 9.75. The highest BCUT2D eigenvalue weighted by molar-refractivity contribution is 4.84. The van der Waals surface area contributed by atoms with Gasteiger partial charge in [0.1, 0.15) is 0 Å². The van der Waals surface area contributed by atoms with E-state index in [4.69, 9.17) is 14.2 Å². The van der Waals surface area contributed by atoms with Crippen molar-refractivity contribution in [3.63, 3.8) is 0 Å². The van der Waals surface area contributed by atoms with Gasteiger partial charge >= 0.3 is 0 Å². The molecule has 1 heterocycles. The van der Waals surface area contributed by atoms with E-state index in [1.165, 1.54) is 0 Å². The lowest BCUT2D eigenvalue weighted by molar-refractivity contribution is -0.0374. The van der Waals surface area contributed by atoms with Gasteiger partial charge in [0.15, 0.2) is 0 Å². The molecule has 0 saturated carbocycles. The van der Waals surface area contributed by atoms with E-state index < -0.39 is 0 Å². The monoisotopic (exact) mass is 275 g/mol. The van der Waals surface area contributed by atoms with Gasteiger partial charge in [-0.3, -0.25) is 0 Å². The normalized spacial score (nSPS) is 18.9. The van der Waals surface area contributed by atoms with Gasteiger partial charge in [0.2, 0.25) is 0 Å². The van der Waals surface area contributed by atoms with Gasteiger partial charge < -0.3 is 24.2 Å². The van der Waals surface area contributed by atoms with E-state index in [0.29, 0.717) is 0 Å². The van der Waals surface area contributed by atoms with Crippen LogP contribution in [0.25, 0.3) is 0 Å². The van der Waals surface area contributed by atoms with Crippen LogP contribution in [-0.4, -0.2) is 76.9 Å². The Balaban J connectivity index is 2.47. The standard InChI is InChI=1S/C14H29NO4/c1-17-8-3-6-15(7-11-18-2)12-14(13-16)4-9-19-10-5-14/h16H,3-13H2,1-2H3. The van der Waals surface area contributed by atoms with Crippen LogP contribution in [0, 0.1) is 5.41 Å². The van der Waals surface area contributed by atoms with Crippen molar-refractivity contribution in [1.29, 1.82) is 0 Å². The third-order valence-electron chi connectivity index (χ3n) is 3.88. The summed E-state index contributed by atoms with van der Waals surface area (Å²) in [6.07, 6.45) is 2.90. The number of methoxy groups -OCH3 is 2. The van der Waals surface area contributed by atoms with Crippen LogP contribution in [0.15, 0.2) is 0 Å². The third kappa shape index (κ3) is 6.19. The fourth-order valence-electron chi connectivity index (χ4n) is 2.57. The lowest BCUT2D eigenvalue weighted by Crippen LogP contribution is -2.45. The van der Waals surface area contributed by atoms with Crippen molar-refractivity contribution in [1.82, 2.24) is 4.90 Å². The topological polar surface area (TPSA) is 51.2 Å². The zero-order chi connectivity index (χ0) is 14.0. The minimum absolute atomic E-state index is 0.000929. The lowest BCUT2D eigenvalue weighted by atomic mass is 9.80. The highest BCUT2D eigenvalue weighted by Crippen LogP contribution is 2.31. The summed E-state index contributed by atoms with van der Waals surface area (Å²) in [6, 6.07) is 0. The molecule has 0 bridgehead atoms. The van der Waals surface area contributed by atoms with Crippen molar-refractivity contribution in [2.75, 3.05) is 66.9 Å². The molecule has 5 heteroatoms. The van der Waals surface area contributed by atoms with E-state index in [9.17, 15) is 5.11 Å². The molecule has 5 nitrogen and oxygen atoms in total. The Morgan fingerprint density at radius 2 is 1.79 bits per heavy atom. The molecule has 0 aromatic rings. The molecule has 0 atom stereocenters. The van der Waals surface area contributed by atoms with Crippen LogP contribution in [0.3, 0.4) is 0 Å². The molecule has 19 heavy (non-hydrogen) atoms. The number of hydrogen-bond donors (Lipinski definition) is 1. The number of aliphatic hydroxyl groups excluding tert-OH is 1. The van der Waals surface area contributed by atoms with Gasteiger partial charge in [-0.2, -0.15) is 0 Å². The van der Waals surface area contributed by atoms with Crippen LogP contribution >= 0.6 is 0 Å². The summed E-state index contributed by atoms with van der Waals surface area (Å²) >= 11 is 0. The van der Waals surface area contributed by atoms with Crippen LogP contribution in [-0.2, 0) is 14.2 Å². The zero-order valence-electron chi connectivity index (χ0n) is 12.4. The Hall–Kier alpha value is -0.200. The van der Waals surface area contributed by atoms with Crippen molar-refractivity contribution in [2.45, 2.75) is 19.3 Å². The minimum Gasteiger partial charge on any atom is -0.396 e. The first-order chi connectivity index (χ1) is 9.26. The third-order valence-corrected chi connectivity index (χ3v) is 3.88. The summed E-state index contributed by atoms with van der Waals surface area (Å²) in [5.41, 5.74) is -0.000929. The predicted molar refractivity (Wildman–Crippen MR) is 74.4 cm³/mol. The Morgan fingerprint density at radius 1 is 1.11 bits per heavy atom. The molecular formula is C14H29NO4. The first-order valence-electron chi connectivity index (χ1n) is 7.15. The molecule has 0 aromatic heterocycles. The van der Waals surface area contributed by atoms with Crippen molar-refractivity contribution < 1.29 is 19.3 Å². The Labute approximate surface area is 116 Å². The van der Waals surface area contributed by atoms with Crippen molar-refractivity contribution in [3.8, 4) is 0 Å². The van der Waals surface area contributed by atoms with E-state index in [1.54, 1.807) is 14.2 Å². The minimum atomic E-state index is -0.000929. The first kappa shape index (κ1) is 16.9. The molecule has 0 radical (unpaired) electrons. The van der Waals surface area contributed by atoms with E-state index >= 15 is 0 Å². The number of nitrogens with zero attached hydrogens (tertiary/aromatic N) is 1. The van der Waals surface area contributed by atoms with Gasteiger partial charge in [-0.25, -0.2) is 0 Å². The second kappa shape index (κ2) is 9.66. The van der Waals surface area contributed by atoms with Crippen LogP contribution in [0.4, 0.5) is 0 Å². The number of aliphatic hydroxyl groups is 1. The molecular weight excluding hydrogens is 246 g/mol. The Morgan fingerprint density at radius 3 is 2.37 bits per heavy atom. The molecule has 1 rings (SSSR count). The first-order valence-corrected chi connectivity index (χ1v) is 7.15. The average Bonchev–Trinajstić information content (AvgIpc) is 2.46. The van der Waals surface area contributed by atoms with Crippen molar-refractivity contribution in [3.05, 3.63) is 0 Å². The SMILES string of the molecule is COCCCN(CCOC)CC1(CO)CCOCC1. The second-order valence-electron chi connectivity index (χ2n) is 5.39. The molecule has 0 aliphatic carbocycles.